The molecule has 0 aliphatic heterocycles. The molecule has 8 heteroatoms. The van der Waals surface area contributed by atoms with Gasteiger partial charge in [-0.25, -0.2) is 0 Å². The van der Waals surface area contributed by atoms with Crippen LogP contribution in [0.1, 0.15) is 244 Å². The summed E-state index contributed by atoms with van der Waals surface area (Å²) >= 11 is 11.4. The Morgan fingerprint density at radius 2 is 0.621 bits per heavy atom. The summed E-state index contributed by atoms with van der Waals surface area (Å²) in [6.45, 7) is 9.23. The van der Waals surface area contributed by atoms with Gasteiger partial charge in [-0.15, -0.1) is 43.1 Å². The van der Waals surface area contributed by atoms with Crippen LogP contribution >= 0.6 is 54.5 Å². The first-order valence-electron chi connectivity index (χ1n) is 24.6. The second kappa shape index (κ2) is 33.9. The van der Waals surface area contributed by atoms with E-state index in [0.717, 1.165) is 34.4 Å². The second-order valence-electron chi connectivity index (χ2n) is 17.6. The lowest BCUT2D eigenvalue weighted by atomic mass is 9.89. The van der Waals surface area contributed by atoms with Crippen molar-refractivity contribution in [3.05, 3.63) is 30.8 Å². The molecule has 0 saturated heterocycles. The van der Waals surface area contributed by atoms with E-state index in [-0.39, 0.29) is 0 Å². The molecule has 0 saturated carbocycles. The summed E-state index contributed by atoms with van der Waals surface area (Å²) in [6, 6.07) is 4.62. The number of nitrogens with zero attached hydrogens (tertiary/aromatic N) is 4. The number of hydrogen-bond donors (Lipinski definition) is 0. The van der Waals surface area contributed by atoms with Crippen LogP contribution in [0.3, 0.4) is 0 Å². The first kappa shape index (κ1) is 51.6. The van der Waals surface area contributed by atoms with Gasteiger partial charge in [0, 0.05) is 0 Å². The largest absolute Gasteiger partial charge is 0.213 e. The van der Waals surface area contributed by atoms with Gasteiger partial charge in [0.25, 0.3) is 0 Å². The van der Waals surface area contributed by atoms with Gasteiger partial charge in [-0.2, -0.15) is 0 Å². The highest BCUT2D eigenvalue weighted by atomic mass is 79.9. The van der Waals surface area contributed by atoms with Crippen molar-refractivity contribution in [1.82, 2.24) is 20.4 Å². The molecule has 0 N–H and O–H groups in total. The monoisotopic (exact) mass is 962 g/mol. The van der Waals surface area contributed by atoms with Crippen LogP contribution in [0.15, 0.2) is 19.7 Å². The summed E-state index contributed by atoms with van der Waals surface area (Å²) in [5.41, 5.74) is 2.80. The maximum atomic E-state index is 4.65. The van der Waals surface area contributed by atoms with Crippen LogP contribution in [0.4, 0.5) is 0 Å². The van der Waals surface area contributed by atoms with Crippen molar-refractivity contribution in [2.75, 3.05) is 0 Å². The standard InChI is InChI=1S/C50H84Br2N4S2/c1-5-9-13-17-21-23-27-31-35-41(33-29-25-19-15-11-7-3)37-43-39-45(57-47(43)51)49-53-55-50(56-54-49)46-40-44(48(52)58-46)38-42(34-30-26-20-16-12-8-4)36-32-28-24-22-18-14-10-6-2/h39-42H,5-38H2,1-4H3. The van der Waals surface area contributed by atoms with Crippen LogP contribution in [-0.2, 0) is 12.8 Å². The molecule has 0 amide bonds. The summed E-state index contributed by atoms with van der Waals surface area (Å²) < 4.78 is 2.43. The first-order chi connectivity index (χ1) is 28.5. The quantitative estimate of drug-likeness (QED) is 0.0537. The van der Waals surface area contributed by atoms with Gasteiger partial charge in [-0.1, -0.05) is 233 Å². The molecule has 0 bridgehead atoms. The number of unbranched alkanes of at least 4 members (excludes halogenated alkanes) is 24. The molecule has 0 aliphatic carbocycles. The molecule has 58 heavy (non-hydrogen) atoms. The zero-order valence-electron chi connectivity index (χ0n) is 37.7. The predicted octanol–water partition coefficient (Wildman–Crippen LogP) is 19.1. The van der Waals surface area contributed by atoms with Gasteiger partial charge in [0.15, 0.2) is 0 Å². The van der Waals surface area contributed by atoms with E-state index in [0.29, 0.717) is 11.6 Å². The maximum Gasteiger partial charge on any atom is 0.213 e. The molecular weight excluding hydrogens is 881 g/mol. The van der Waals surface area contributed by atoms with E-state index in [4.69, 9.17) is 0 Å². The highest BCUT2D eigenvalue weighted by Gasteiger charge is 2.19. The zero-order chi connectivity index (χ0) is 41.5. The van der Waals surface area contributed by atoms with Crippen LogP contribution in [0.25, 0.3) is 21.4 Å². The number of hydrogen-bond acceptors (Lipinski definition) is 6. The molecule has 0 radical (unpaired) electrons. The number of halogens is 2. The summed E-state index contributed by atoms with van der Waals surface area (Å²) in [5, 5.41) is 18.6. The lowest BCUT2D eigenvalue weighted by Crippen LogP contribution is -2.05. The molecule has 3 aromatic heterocycles. The SMILES string of the molecule is CCCCCCCCCCC(CCCCCCCC)Cc1cc(-c2nnc(-c3cc(CC(CCCCCCCC)CCCCCCCCCC)c(Br)s3)nn2)sc1Br. The Bertz CT molecular complexity index is 1300. The maximum absolute atomic E-state index is 4.65. The smallest absolute Gasteiger partial charge is 0.125 e. The van der Waals surface area contributed by atoms with Gasteiger partial charge in [-0.05, 0) is 79.8 Å². The average Bonchev–Trinajstić information content (AvgIpc) is 3.79. The Morgan fingerprint density at radius 3 is 0.879 bits per heavy atom. The van der Waals surface area contributed by atoms with E-state index >= 15 is 0 Å². The fourth-order valence-electron chi connectivity index (χ4n) is 8.62. The van der Waals surface area contributed by atoms with Crippen LogP contribution in [0.5, 0.6) is 0 Å². The Balaban J connectivity index is 1.59. The van der Waals surface area contributed by atoms with Crippen LogP contribution < -0.4 is 0 Å². The Hall–Kier alpha value is -0.700. The van der Waals surface area contributed by atoms with Gasteiger partial charge >= 0.3 is 0 Å². The Morgan fingerprint density at radius 1 is 0.379 bits per heavy atom. The summed E-state index contributed by atoms with van der Waals surface area (Å²) in [4.78, 5) is 2.12. The molecule has 2 unspecified atom stereocenters. The Labute approximate surface area is 382 Å². The molecule has 0 aromatic carbocycles. The third kappa shape index (κ3) is 22.4. The van der Waals surface area contributed by atoms with Gasteiger partial charge in [0.1, 0.15) is 0 Å². The molecule has 2 atom stereocenters. The molecule has 4 nitrogen and oxygen atoms in total. The van der Waals surface area contributed by atoms with E-state index in [1.807, 2.05) is 0 Å². The van der Waals surface area contributed by atoms with E-state index in [9.17, 15) is 0 Å². The molecule has 0 fully saturated rings. The fraction of sp³-hybridized carbons (Fsp3) is 0.800. The summed E-state index contributed by atoms with van der Waals surface area (Å²) in [6.07, 6.45) is 46.3. The van der Waals surface area contributed by atoms with Crippen molar-refractivity contribution in [1.29, 1.82) is 0 Å². The van der Waals surface area contributed by atoms with Crippen molar-refractivity contribution in [2.45, 2.75) is 246 Å². The van der Waals surface area contributed by atoms with Crippen molar-refractivity contribution in [3.63, 3.8) is 0 Å². The van der Waals surface area contributed by atoms with Crippen LogP contribution in [-0.4, -0.2) is 20.4 Å². The molecule has 0 spiro atoms. The fourth-order valence-corrected chi connectivity index (χ4v) is 11.9. The predicted molar refractivity (Wildman–Crippen MR) is 264 cm³/mol. The number of thiophene rings is 2. The average molecular weight is 965 g/mol. The van der Waals surface area contributed by atoms with Crippen molar-refractivity contribution in [3.8, 4) is 21.4 Å². The van der Waals surface area contributed by atoms with Gasteiger partial charge in [-0.3, -0.25) is 0 Å². The minimum Gasteiger partial charge on any atom is -0.125 e. The highest BCUT2D eigenvalue weighted by Crippen LogP contribution is 2.38. The van der Waals surface area contributed by atoms with E-state index in [2.05, 4.69) is 92.1 Å². The van der Waals surface area contributed by atoms with Crippen LogP contribution in [0.2, 0.25) is 0 Å². The topological polar surface area (TPSA) is 51.6 Å². The minimum absolute atomic E-state index is 0.636. The molecule has 3 rings (SSSR count). The second-order valence-corrected chi connectivity index (χ2v) is 22.4. The lowest BCUT2D eigenvalue weighted by molar-refractivity contribution is 0.400. The lowest BCUT2D eigenvalue weighted by Gasteiger charge is -2.17. The number of aromatic nitrogens is 4. The normalized spacial score (nSPS) is 12.8. The van der Waals surface area contributed by atoms with Crippen LogP contribution in [0, 0.1) is 11.8 Å². The van der Waals surface area contributed by atoms with E-state index in [1.165, 1.54) is 224 Å². The minimum atomic E-state index is 0.636. The van der Waals surface area contributed by atoms with Crippen molar-refractivity contribution >= 4 is 54.5 Å². The van der Waals surface area contributed by atoms with E-state index < -0.39 is 0 Å². The highest BCUT2D eigenvalue weighted by molar-refractivity contribution is 9.11. The first-order valence-corrected chi connectivity index (χ1v) is 27.8. The molecular formula is C50H84Br2N4S2. The van der Waals surface area contributed by atoms with Crippen molar-refractivity contribution < 1.29 is 0 Å². The van der Waals surface area contributed by atoms with Gasteiger partial charge in [0.2, 0.25) is 11.6 Å². The third-order valence-corrected chi connectivity index (χ3v) is 16.2. The summed E-state index contributed by atoms with van der Waals surface area (Å²) in [5.74, 6) is 2.75. The van der Waals surface area contributed by atoms with Crippen molar-refractivity contribution in [2.24, 2.45) is 11.8 Å². The number of rotatable bonds is 38. The zero-order valence-corrected chi connectivity index (χ0v) is 42.5. The van der Waals surface area contributed by atoms with Gasteiger partial charge in [0.05, 0.1) is 17.3 Å². The molecule has 0 aliphatic rings. The third-order valence-electron chi connectivity index (χ3n) is 12.3. The van der Waals surface area contributed by atoms with E-state index in [1.54, 1.807) is 22.7 Å². The molecule has 330 valence electrons. The summed E-state index contributed by atoms with van der Waals surface area (Å²) in [7, 11) is 0. The molecule has 3 heterocycles. The molecule has 3 aromatic rings. The van der Waals surface area contributed by atoms with Gasteiger partial charge < -0.3 is 0 Å². The Kier molecular flexibility index (Phi) is 30.2.